The highest BCUT2D eigenvalue weighted by molar-refractivity contribution is 5.41. The summed E-state index contributed by atoms with van der Waals surface area (Å²) < 4.78 is 28.5. The quantitative estimate of drug-likeness (QED) is 0.185. The highest BCUT2D eigenvalue weighted by atomic mass is 16.7. The highest BCUT2D eigenvalue weighted by Gasteiger charge is 2.57. The molecule has 0 aliphatic heterocycles. The van der Waals surface area contributed by atoms with Gasteiger partial charge in [0.25, 0.3) is 0 Å². The van der Waals surface area contributed by atoms with E-state index in [9.17, 15) is 0 Å². The van der Waals surface area contributed by atoms with E-state index in [1.807, 2.05) is 0 Å². The fourth-order valence-electron chi connectivity index (χ4n) is 8.19. The van der Waals surface area contributed by atoms with Crippen LogP contribution in [0.3, 0.4) is 0 Å². The van der Waals surface area contributed by atoms with Crippen molar-refractivity contribution in [2.75, 3.05) is 34.4 Å². The van der Waals surface area contributed by atoms with Gasteiger partial charge in [-0.25, -0.2) is 0 Å². The van der Waals surface area contributed by atoms with Crippen molar-refractivity contribution in [2.45, 2.75) is 83.3 Å². The summed E-state index contributed by atoms with van der Waals surface area (Å²) in [5.74, 6) is 3.72. The second-order valence-electron chi connectivity index (χ2n) is 12.2. The van der Waals surface area contributed by atoms with Crippen molar-refractivity contribution in [3.63, 3.8) is 0 Å². The van der Waals surface area contributed by atoms with Crippen LogP contribution in [0.25, 0.3) is 0 Å². The van der Waals surface area contributed by atoms with Gasteiger partial charge in [0.05, 0.1) is 12.7 Å². The molecule has 2 saturated carbocycles. The topological polar surface area (TPSA) is 46.2 Å². The first-order valence-corrected chi connectivity index (χ1v) is 15.1. The Morgan fingerprint density at radius 2 is 1.74 bits per heavy atom. The molecule has 3 aliphatic carbocycles. The van der Waals surface area contributed by atoms with Crippen LogP contribution in [0.2, 0.25) is 0 Å². The van der Waals surface area contributed by atoms with Gasteiger partial charge in [0.1, 0.15) is 12.5 Å². The van der Waals surface area contributed by atoms with E-state index in [1.165, 1.54) is 49.7 Å². The summed E-state index contributed by atoms with van der Waals surface area (Å²) in [6.45, 7) is 4.77. The maximum Gasteiger partial charge on any atom is 0.188 e. The van der Waals surface area contributed by atoms with Gasteiger partial charge in [-0.3, -0.25) is 0 Å². The van der Waals surface area contributed by atoms with Gasteiger partial charge in [0.15, 0.2) is 6.79 Å². The molecule has 39 heavy (non-hydrogen) atoms. The van der Waals surface area contributed by atoms with Gasteiger partial charge in [0.2, 0.25) is 0 Å². The van der Waals surface area contributed by atoms with Crippen molar-refractivity contribution in [1.82, 2.24) is 0 Å². The van der Waals surface area contributed by atoms with Crippen LogP contribution in [-0.4, -0.2) is 40.5 Å². The third-order valence-corrected chi connectivity index (χ3v) is 9.99. The lowest BCUT2D eigenvalue weighted by atomic mass is 9.52. The Bertz CT molecular complexity index is 1030. The van der Waals surface area contributed by atoms with E-state index in [4.69, 9.17) is 23.7 Å². The lowest BCUT2D eigenvalue weighted by Crippen LogP contribution is -2.47. The molecule has 3 aliphatic rings. The van der Waals surface area contributed by atoms with E-state index >= 15 is 0 Å². The zero-order valence-corrected chi connectivity index (χ0v) is 24.2. The fraction of sp³-hybridized carbons (Fsp3) is 0.647. The number of methoxy groups -OCH3 is 2. The van der Waals surface area contributed by atoms with Gasteiger partial charge in [-0.1, -0.05) is 56.2 Å². The van der Waals surface area contributed by atoms with Crippen LogP contribution in [0.1, 0.15) is 80.9 Å². The van der Waals surface area contributed by atoms with Crippen LogP contribution in [0.4, 0.5) is 0 Å². The molecule has 5 heteroatoms. The number of hydrogen-bond acceptors (Lipinski definition) is 5. The van der Waals surface area contributed by atoms with Gasteiger partial charge in [-0.2, -0.15) is 0 Å². The van der Waals surface area contributed by atoms with Gasteiger partial charge in [-0.05, 0) is 103 Å². The lowest BCUT2D eigenvalue weighted by molar-refractivity contribution is -0.128. The minimum absolute atomic E-state index is 0.252. The highest BCUT2D eigenvalue weighted by Crippen LogP contribution is 2.63. The van der Waals surface area contributed by atoms with E-state index in [0.717, 1.165) is 43.5 Å². The van der Waals surface area contributed by atoms with Crippen molar-refractivity contribution >= 4 is 0 Å². The standard InChI is InChI=1S/C34H48O5/c1-34-18-17-30-29-14-13-28(38-23-35-2)21-27(29)20-26(33(30)31(34)15-16-32(34)39-24-36-3)12-8-5-9-19-37-22-25-10-6-4-7-11-25/h4,6-7,10-11,13-14,21,26,30-33H,5,8-9,12,15-20,22-24H2,1-3H3/t26-,30-,31+,32+,33-,34+/m1/s1. The van der Waals surface area contributed by atoms with Crippen molar-refractivity contribution in [3.05, 3.63) is 65.2 Å². The van der Waals surface area contributed by atoms with E-state index in [1.54, 1.807) is 19.8 Å². The molecule has 0 aromatic heterocycles. The van der Waals surface area contributed by atoms with E-state index < -0.39 is 0 Å². The van der Waals surface area contributed by atoms with Crippen molar-refractivity contribution in [1.29, 1.82) is 0 Å². The molecular weight excluding hydrogens is 488 g/mol. The van der Waals surface area contributed by atoms with Crippen LogP contribution in [0, 0.1) is 23.2 Å². The van der Waals surface area contributed by atoms with Crippen molar-refractivity contribution in [2.24, 2.45) is 23.2 Å². The predicted molar refractivity (Wildman–Crippen MR) is 154 cm³/mol. The van der Waals surface area contributed by atoms with Gasteiger partial charge < -0.3 is 23.7 Å². The summed E-state index contributed by atoms with van der Waals surface area (Å²) in [5, 5.41) is 0. The number of rotatable bonds is 14. The zero-order valence-electron chi connectivity index (χ0n) is 24.2. The normalized spacial score (nSPS) is 29.5. The first-order valence-electron chi connectivity index (χ1n) is 15.1. The monoisotopic (exact) mass is 536 g/mol. The average Bonchev–Trinajstić information content (AvgIpc) is 3.30. The Kier molecular flexibility index (Phi) is 9.99. The molecule has 0 bridgehead atoms. The summed E-state index contributed by atoms with van der Waals surface area (Å²) >= 11 is 0. The van der Waals surface area contributed by atoms with Crippen molar-refractivity contribution < 1.29 is 23.7 Å². The number of unbranched alkanes of at least 4 members (excludes halogenated alkanes) is 2. The summed E-state index contributed by atoms with van der Waals surface area (Å²) in [4.78, 5) is 0. The molecule has 0 unspecified atom stereocenters. The Morgan fingerprint density at radius 1 is 0.897 bits per heavy atom. The molecule has 2 aromatic rings. The maximum absolute atomic E-state index is 6.27. The molecule has 6 atom stereocenters. The summed E-state index contributed by atoms with van der Waals surface area (Å²) in [7, 11) is 3.41. The van der Waals surface area contributed by atoms with Gasteiger partial charge >= 0.3 is 0 Å². The molecule has 214 valence electrons. The van der Waals surface area contributed by atoms with Crippen LogP contribution in [0.5, 0.6) is 5.75 Å². The van der Waals surface area contributed by atoms with E-state index in [-0.39, 0.29) is 5.41 Å². The third-order valence-electron chi connectivity index (χ3n) is 9.99. The van der Waals surface area contributed by atoms with Crippen LogP contribution in [0.15, 0.2) is 48.5 Å². The summed E-state index contributed by atoms with van der Waals surface area (Å²) in [6.07, 6.45) is 11.3. The second-order valence-corrected chi connectivity index (χ2v) is 12.2. The van der Waals surface area contributed by atoms with Gasteiger partial charge in [-0.15, -0.1) is 0 Å². The smallest absolute Gasteiger partial charge is 0.188 e. The summed E-state index contributed by atoms with van der Waals surface area (Å²) in [6, 6.07) is 17.3. The Balaban J connectivity index is 1.24. The molecule has 0 radical (unpaired) electrons. The second kappa shape index (κ2) is 13.6. The van der Waals surface area contributed by atoms with Crippen LogP contribution >= 0.6 is 0 Å². The molecule has 0 spiro atoms. The number of fused-ring (bicyclic) bond motifs is 5. The Hall–Kier alpha value is -1.92. The molecule has 2 fully saturated rings. The minimum Gasteiger partial charge on any atom is -0.468 e. The first kappa shape index (κ1) is 28.6. The Morgan fingerprint density at radius 3 is 2.56 bits per heavy atom. The van der Waals surface area contributed by atoms with E-state index in [2.05, 4.69) is 55.5 Å². The molecule has 2 aromatic carbocycles. The number of hydrogen-bond donors (Lipinski definition) is 0. The fourth-order valence-corrected chi connectivity index (χ4v) is 8.19. The van der Waals surface area contributed by atoms with Gasteiger partial charge in [0, 0.05) is 20.8 Å². The SMILES string of the molecule is COCOc1ccc2c(c1)C[C@@H](CCCCCOCc1ccccc1)[C@@H]1[C@@H]2CC[C@]2(C)[C@@H](OCOC)CC[C@@H]12. The molecule has 0 heterocycles. The van der Waals surface area contributed by atoms with E-state index in [0.29, 0.717) is 38.1 Å². The molecule has 0 N–H and O–H groups in total. The molecule has 5 nitrogen and oxygen atoms in total. The number of ether oxygens (including phenoxy) is 5. The lowest BCUT2D eigenvalue weighted by Gasteiger charge is -2.53. The largest absolute Gasteiger partial charge is 0.468 e. The molecule has 0 saturated heterocycles. The maximum atomic E-state index is 6.27. The van der Waals surface area contributed by atoms with Crippen LogP contribution in [-0.2, 0) is 32.0 Å². The zero-order chi connectivity index (χ0) is 27.1. The summed E-state index contributed by atoms with van der Waals surface area (Å²) in [5.41, 5.74) is 4.57. The minimum atomic E-state index is 0.252. The van der Waals surface area contributed by atoms with Crippen molar-refractivity contribution in [3.8, 4) is 5.75 Å². The molecular formula is C34H48O5. The number of benzene rings is 2. The molecule has 5 rings (SSSR count). The molecule has 0 amide bonds. The third kappa shape index (κ3) is 6.53. The average molecular weight is 537 g/mol. The Labute approximate surface area is 235 Å². The predicted octanol–water partition coefficient (Wildman–Crippen LogP) is 7.52. The van der Waals surface area contributed by atoms with Crippen LogP contribution < -0.4 is 4.74 Å². The first-order chi connectivity index (χ1) is 19.1.